The van der Waals surface area contributed by atoms with E-state index in [9.17, 15) is 9.59 Å². The van der Waals surface area contributed by atoms with Crippen LogP contribution in [0.2, 0.25) is 0 Å². The minimum Gasteiger partial charge on any atom is -0.481 e. The number of hydrogen-bond acceptors (Lipinski definition) is 3. The fourth-order valence-electron chi connectivity index (χ4n) is 1.32. The first kappa shape index (κ1) is 9.05. The largest absolute Gasteiger partial charge is 0.481 e. The summed E-state index contributed by atoms with van der Waals surface area (Å²) >= 11 is 0. The van der Waals surface area contributed by atoms with Crippen LogP contribution in [-0.2, 0) is 9.59 Å². The molecule has 1 aliphatic carbocycles. The van der Waals surface area contributed by atoms with E-state index < -0.39 is 11.9 Å². The van der Waals surface area contributed by atoms with E-state index in [1.54, 1.807) is 0 Å². The zero-order valence-electron chi connectivity index (χ0n) is 7.51. The van der Waals surface area contributed by atoms with Crippen LogP contribution in [-0.4, -0.2) is 29.0 Å². The maximum atomic E-state index is 11.3. The van der Waals surface area contributed by atoms with Crippen molar-refractivity contribution in [1.29, 1.82) is 0 Å². The number of nitrogens with zero attached hydrogens (tertiary/aromatic N) is 2. The maximum Gasteiger partial charge on any atom is 0.304 e. The molecule has 0 aromatic heterocycles. The Labute approximate surface area is 80.6 Å². The zero-order chi connectivity index (χ0) is 10.1. The first-order chi connectivity index (χ1) is 6.66. The standard InChI is InChI=1S/C9H10N2O3/c12-7(13)3-6-4-10-8(5-1-2-5)11-9(6)14/h4-6H,1-3H2,(H,12,13). The summed E-state index contributed by atoms with van der Waals surface area (Å²) in [5.74, 6) is -1.13. The average Bonchev–Trinajstić information content (AvgIpc) is 2.90. The minimum absolute atomic E-state index is 0.218. The van der Waals surface area contributed by atoms with Gasteiger partial charge in [0.2, 0.25) is 0 Å². The Kier molecular flexibility index (Phi) is 2.15. The molecule has 1 amide bonds. The van der Waals surface area contributed by atoms with E-state index in [2.05, 4.69) is 9.98 Å². The van der Waals surface area contributed by atoms with Gasteiger partial charge >= 0.3 is 5.97 Å². The Balaban J connectivity index is 2.04. The summed E-state index contributed by atoms with van der Waals surface area (Å²) in [5, 5.41) is 8.51. The predicted octanol–water partition coefficient (Wildman–Crippen LogP) is 0.497. The number of carbonyl (C=O) groups is 2. The van der Waals surface area contributed by atoms with Crippen LogP contribution < -0.4 is 0 Å². The van der Waals surface area contributed by atoms with Crippen LogP contribution in [0.3, 0.4) is 0 Å². The molecule has 0 radical (unpaired) electrons. The molecule has 5 heteroatoms. The Morgan fingerprint density at radius 1 is 1.57 bits per heavy atom. The number of aliphatic carboxylic acids is 1. The molecule has 2 aliphatic rings. The fraction of sp³-hybridized carbons (Fsp3) is 0.556. The molecular weight excluding hydrogens is 184 g/mol. The number of aliphatic imine (C=N–C) groups is 2. The monoisotopic (exact) mass is 194 g/mol. The van der Waals surface area contributed by atoms with Gasteiger partial charge in [-0.05, 0) is 12.8 Å². The van der Waals surface area contributed by atoms with Gasteiger partial charge in [-0.15, -0.1) is 0 Å². The number of carbonyl (C=O) groups excluding carboxylic acids is 1. The molecule has 0 saturated heterocycles. The number of carboxylic acids is 1. The van der Waals surface area contributed by atoms with Crippen LogP contribution in [0, 0.1) is 11.8 Å². The molecule has 1 fully saturated rings. The van der Waals surface area contributed by atoms with Gasteiger partial charge in [0.1, 0.15) is 5.84 Å². The summed E-state index contributed by atoms with van der Waals surface area (Å²) in [4.78, 5) is 29.5. The van der Waals surface area contributed by atoms with E-state index in [-0.39, 0.29) is 12.3 Å². The highest BCUT2D eigenvalue weighted by molar-refractivity contribution is 6.11. The summed E-state index contributed by atoms with van der Waals surface area (Å²) in [5.41, 5.74) is 0. The van der Waals surface area contributed by atoms with E-state index in [4.69, 9.17) is 5.11 Å². The second-order valence-electron chi connectivity index (χ2n) is 3.57. The van der Waals surface area contributed by atoms with E-state index >= 15 is 0 Å². The van der Waals surface area contributed by atoms with E-state index in [0.717, 1.165) is 12.8 Å². The van der Waals surface area contributed by atoms with Crippen LogP contribution >= 0.6 is 0 Å². The van der Waals surface area contributed by atoms with Crippen molar-refractivity contribution >= 4 is 23.9 Å². The Morgan fingerprint density at radius 2 is 2.29 bits per heavy atom. The molecule has 1 unspecified atom stereocenters. The molecule has 1 N–H and O–H groups in total. The number of carboxylic acid groups (broad SMARTS) is 1. The molecule has 0 aromatic rings. The van der Waals surface area contributed by atoms with Gasteiger partial charge in [0.25, 0.3) is 5.91 Å². The van der Waals surface area contributed by atoms with E-state index in [1.165, 1.54) is 6.21 Å². The second kappa shape index (κ2) is 3.32. The lowest BCUT2D eigenvalue weighted by Gasteiger charge is -2.10. The van der Waals surface area contributed by atoms with Gasteiger partial charge in [-0.25, -0.2) is 4.99 Å². The molecule has 1 atom stereocenters. The van der Waals surface area contributed by atoms with Crippen molar-refractivity contribution in [3.63, 3.8) is 0 Å². The van der Waals surface area contributed by atoms with Crippen LogP contribution in [0.15, 0.2) is 9.98 Å². The zero-order valence-corrected chi connectivity index (χ0v) is 7.51. The number of amidine groups is 1. The molecule has 0 aromatic carbocycles. The summed E-state index contributed by atoms with van der Waals surface area (Å²) in [6.07, 6.45) is 3.26. The van der Waals surface area contributed by atoms with E-state index in [0.29, 0.717) is 11.8 Å². The first-order valence-corrected chi connectivity index (χ1v) is 4.55. The Morgan fingerprint density at radius 3 is 2.79 bits per heavy atom. The van der Waals surface area contributed by atoms with Crippen LogP contribution in [0.5, 0.6) is 0 Å². The maximum absolute atomic E-state index is 11.3. The highest BCUT2D eigenvalue weighted by atomic mass is 16.4. The molecular formula is C9H10N2O3. The highest BCUT2D eigenvalue weighted by Crippen LogP contribution is 2.32. The van der Waals surface area contributed by atoms with Crippen molar-refractivity contribution in [3.8, 4) is 0 Å². The Bertz CT molecular complexity index is 342. The molecule has 14 heavy (non-hydrogen) atoms. The summed E-state index contributed by atoms with van der Waals surface area (Å²) in [6, 6.07) is 0. The smallest absolute Gasteiger partial charge is 0.304 e. The first-order valence-electron chi connectivity index (χ1n) is 4.55. The Hall–Kier alpha value is -1.52. The third kappa shape index (κ3) is 1.86. The van der Waals surface area contributed by atoms with Gasteiger partial charge in [-0.1, -0.05) is 0 Å². The number of rotatable bonds is 3. The van der Waals surface area contributed by atoms with Crippen LogP contribution in [0.4, 0.5) is 0 Å². The fourth-order valence-corrected chi connectivity index (χ4v) is 1.32. The van der Waals surface area contributed by atoms with Crippen molar-refractivity contribution < 1.29 is 14.7 Å². The summed E-state index contributed by atoms with van der Waals surface area (Å²) in [7, 11) is 0. The van der Waals surface area contributed by atoms with Crippen LogP contribution in [0.25, 0.3) is 0 Å². The molecule has 5 nitrogen and oxygen atoms in total. The molecule has 74 valence electrons. The SMILES string of the molecule is O=C(O)CC1C=NC(C2CC2)=NC1=O. The van der Waals surface area contributed by atoms with Crippen molar-refractivity contribution in [2.45, 2.75) is 19.3 Å². The normalized spacial score (nSPS) is 26.1. The van der Waals surface area contributed by atoms with E-state index in [1.807, 2.05) is 0 Å². The molecule has 2 rings (SSSR count). The molecule has 0 spiro atoms. The van der Waals surface area contributed by atoms with Gasteiger partial charge < -0.3 is 5.11 Å². The third-order valence-electron chi connectivity index (χ3n) is 2.27. The van der Waals surface area contributed by atoms with Crippen molar-refractivity contribution in [2.24, 2.45) is 21.8 Å². The van der Waals surface area contributed by atoms with Gasteiger partial charge in [-0.2, -0.15) is 4.99 Å². The van der Waals surface area contributed by atoms with Gasteiger partial charge in [0, 0.05) is 12.1 Å². The minimum atomic E-state index is -1.00. The van der Waals surface area contributed by atoms with Crippen LogP contribution in [0.1, 0.15) is 19.3 Å². The quantitative estimate of drug-likeness (QED) is 0.710. The topological polar surface area (TPSA) is 79.1 Å². The lowest BCUT2D eigenvalue weighted by Crippen LogP contribution is -2.23. The second-order valence-corrected chi connectivity index (χ2v) is 3.57. The summed E-state index contributed by atoms with van der Waals surface area (Å²) in [6.45, 7) is 0. The average molecular weight is 194 g/mol. The van der Waals surface area contributed by atoms with Crippen molar-refractivity contribution in [1.82, 2.24) is 0 Å². The molecule has 1 heterocycles. The molecule has 1 aliphatic heterocycles. The van der Waals surface area contributed by atoms with Gasteiger partial charge in [-0.3, -0.25) is 9.59 Å². The lowest BCUT2D eigenvalue weighted by molar-refractivity contribution is -0.139. The lowest BCUT2D eigenvalue weighted by atomic mass is 10.1. The van der Waals surface area contributed by atoms with Gasteiger partial charge in [0.05, 0.1) is 12.3 Å². The highest BCUT2D eigenvalue weighted by Gasteiger charge is 2.32. The molecule has 0 bridgehead atoms. The van der Waals surface area contributed by atoms with Crippen molar-refractivity contribution in [3.05, 3.63) is 0 Å². The predicted molar refractivity (Wildman–Crippen MR) is 49.4 cm³/mol. The summed E-state index contributed by atoms with van der Waals surface area (Å²) < 4.78 is 0. The molecule has 1 saturated carbocycles. The van der Waals surface area contributed by atoms with Crippen molar-refractivity contribution in [2.75, 3.05) is 0 Å². The number of amides is 1. The third-order valence-corrected chi connectivity index (χ3v) is 2.27. The van der Waals surface area contributed by atoms with Gasteiger partial charge in [0.15, 0.2) is 0 Å². The number of hydrogen-bond donors (Lipinski definition) is 1.